The summed E-state index contributed by atoms with van der Waals surface area (Å²) in [6.45, 7) is 0. The summed E-state index contributed by atoms with van der Waals surface area (Å²) in [4.78, 5) is 20.7. The van der Waals surface area contributed by atoms with E-state index >= 15 is 0 Å². The normalized spacial score (nSPS) is 10.3. The molecule has 2 aromatic heterocycles. The number of hydrogen-bond donors (Lipinski definition) is 2. The van der Waals surface area contributed by atoms with Crippen molar-refractivity contribution in [2.24, 2.45) is 0 Å². The Labute approximate surface area is 122 Å². The highest BCUT2D eigenvalue weighted by molar-refractivity contribution is 6.08. The molecular formula is C16H14N4O. The average molecular weight is 278 g/mol. The van der Waals surface area contributed by atoms with Crippen LogP contribution in [0.4, 0.5) is 11.5 Å². The van der Waals surface area contributed by atoms with Crippen LogP contribution >= 0.6 is 0 Å². The fourth-order valence-electron chi connectivity index (χ4n) is 2.12. The van der Waals surface area contributed by atoms with E-state index in [1.807, 2.05) is 30.3 Å². The number of amides is 1. The highest BCUT2D eigenvalue weighted by atomic mass is 16.1. The Kier molecular flexibility index (Phi) is 3.47. The van der Waals surface area contributed by atoms with Crippen LogP contribution in [0.2, 0.25) is 0 Å². The molecule has 0 aliphatic heterocycles. The molecule has 5 heteroatoms. The molecule has 5 nitrogen and oxygen atoms in total. The molecule has 0 saturated heterocycles. The Hall–Kier alpha value is -2.95. The Bertz CT molecular complexity index is 796. The molecule has 1 aromatic carbocycles. The number of anilines is 2. The first-order valence-corrected chi connectivity index (χ1v) is 6.57. The van der Waals surface area contributed by atoms with E-state index in [0.29, 0.717) is 11.4 Å². The van der Waals surface area contributed by atoms with E-state index in [-0.39, 0.29) is 5.91 Å². The summed E-state index contributed by atoms with van der Waals surface area (Å²) in [6.07, 6.45) is 3.33. The second-order valence-electron chi connectivity index (χ2n) is 4.51. The Morgan fingerprint density at radius 2 is 1.95 bits per heavy atom. The van der Waals surface area contributed by atoms with Gasteiger partial charge < -0.3 is 10.6 Å². The molecule has 0 aliphatic carbocycles. The summed E-state index contributed by atoms with van der Waals surface area (Å²) >= 11 is 0. The van der Waals surface area contributed by atoms with Gasteiger partial charge in [-0.05, 0) is 36.4 Å². The molecule has 21 heavy (non-hydrogen) atoms. The van der Waals surface area contributed by atoms with Crippen molar-refractivity contribution in [3.8, 4) is 0 Å². The van der Waals surface area contributed by atoms with Crippen LogP contribution in [0, 0.1) is 0 Å². The van der Waals surface area contributed by atoms with Gasteiger partial charge in [0.05, 0.1) is 11.2 Å². The molecule has 3 rings (SSSR count). The predicted molar refractivity (Wildman–Crippen MR) is 83.5 cm³/mol. The van der Waals surface area contributed by atoms with E-state index in [2.05, 4.69) is 20.6 Å². The van der Waals surface area contributed by atoms with Gasteiger partial charge in [0, 0.05) is 30.4 Å². The molecule has 0 aliphatic rings. The SMILES string of the molecule is CNc1cc(C(=O)Nc2cccc3ncccc23)ccn1. The van der Waals surface area contributed by atoms with Crippen molar-refractivity contribution in [3.05, 3.63) is 60.4 Å². The van der Waals surface area contributed by atoms with Gasteiger partial charge in [0.2, 0.25) is 0 Å². The number of benzene rings is 1. The third-order valence-electron chi connectivity index (χ3n) is 3.17. The van der Waals surface area contributed by atoms with Crippen molar-refractivity contribution in [1.29, 1.82) is 0 Å². The standard InChI is InChI=1S/C16H14N4O/c1-17-15-10-11(7-9-19-15)16(21)20-14-6-2-5-13-12(14)4-3-8-18-13/h2-10H,1H3,(H,17,19)(H,20,21). The van der Waals surface area contributed by atoms with Gasteiger partial charge in [-0.1, -0.05) is 6.07 Å². The zero-order valence-electron chi connectivity index (χ0n) is 11.5. The van der Waals surface area contributed by atoms with Crippen LogP contribution in [0.1, 0.15) is 10.4 Å². The fraction of sp³-hybridized carbons (Fsp3) is 0.0625. The minimum Gasteiger partial charge on any atom is -0.373 e. The largest absolute Gasteiger partial charge is 0.373 e. The molecule has 3 aromatic rings. The van der Waals surface area contributed by atoms with E-state index in [1.54, 1.807) is 31.6 Å². The number of carbonyl (C=O) groups excluding carboxylic acids is 1. The average Bonchev–Trinajstić information content (AvgIpc) is 2.55. The third-order valence-corrected chi connectivity index (χ3v) is 3.17. The number of rotatable bonds is 3. The first-order valence-electron chi connectivity index (χ1n) is 6.57. The molecule has 2 heterocycles. The number of aromatic nitrogens is 2. The molecule has 0 atom stereocenters. The van der Waals surface area contributed by atoms with Crippen LogP contribution < -0.4 is 10.6 Å². The van der Waals surface area contributed by atoms with Crippen molar-refractivity contribution >= 4 is 28.3 Å². The molecule has 0 spiro atoms. The molecule has 104 valence electrons. The molecule has 0 bridgehead atoms. The third kappa shape index (κ3) is 2.67. The van der Waals surface area contributed by atoms with Gasteiger partial charge in [0.1, 0.15) is 5.82 Å². The summed E-state index contributed by atoms with van der Waals surface area (Å²) in [7, 11) is 1.76. The van der Waals surface area contributed by atoms with Gasteiger partial charge in [0.25, 0.3) is 5.91 Å². The second kappa shape index (κ2) is 5.58. The van der Waals surface area contributed by atoms with Crippen molar-refractivity contribution in [1.82, 2.24) is 9.97 Å². The van der Waals surface area contributed by atoms with Crippen molar-refractivity contribution in [2.75, 3.05) is 17.7 Å². The number of fused-ring (bicyclic) bond motifs is 1. The second-order valence-corrected chi connectivity index (χ2v) is 4.51. The van der Waals surface area contributed by atoms with Crippen LogP contribution in [0.3, 0.4) is 0 Å². The zero-order chi connectivity index (χ0) is 14.7. The maximum absolute atomic E-state index is 12.3. The lowest BCUT2D eigenvalue weighted by Gasteiger charge is -2.09. The zero-order valence-corrected chi connectivity index (χ0v) is 11.5. The van der Waals surface area contributed by atoms with Gasteiger partial charge in [-0.2, -0.15) is 0 Å². The number of carbonyl (C=O) groups is 1. The van der Waals surface area contributed by atoms with E-state index in [0.717, 1.165) is 16.6 Å². The quantitative estimate of drug-likeness (QED) is 0.773. The lowest BCUT2D eigenvalue weighted by atomic mass is 10.1. The lowest BCUT2D eigenvalue weighted by Crippen LogP contribution is -2.12. The number of nitrogens with one attached hydrogen (secondary N) is 2. The van der Waals surface area contributed by atoms with Crippen LogP contribution in [-0.4, -0.2) is 22.9 Å². The molecule has 0 fully saturated rings. The molecule has 0 unspecified atom stereocenters. The van der Waals surface area contributed by atoms with E-state index < -0.39 is 0 Å². The lowest BCUT2D eigenvalue weighted by molar-refractivity contribution is 0.102. The fourth-order valence-corrected chi connectivity index (χ4v) is 2.12. The topological polar surface area (TPSA) is 66.9 Å². The number of hydrogen-bond acceptors (Lipinski definition) is 4. The van der Waals surface area contributed by atoms with Crippen molar-refractivity contribution in [3.63, 3.8) is 0 Å². The summed E-state index contributed by atoms with van der Waals surface area (Å²) in [5.41, 5.74) is 2.14. The van der Waals surface area contributed by atoms with Crippen LogP contribution in [0.5, 0.6) is 0 Å². The minimum atomic E-state index is -0.176. The minimum absolute atomic E-state index is 0.176. The maximum Gasteiger partial charge on any atom is 0.255 e. The van der Waals surface area contributed by atoms with Gasteiger partial charge in [-0.25, -0.2) is 4.98 Å². The van der Waals surface area contributed by atoms with Crippen molar-refractivity contribution in [2.45, 2.75) is 0 Å². The van der Waals surface area contributed by atoms with E-state index in [4.69, 9.17) is 0 Å². The van der Waals surface area contributed by atoms with Gasteiger partial charge in [-0.15, -0.1) is 0 Å². The van der Waals surface area contributed by atoms with Gasteiger partial charge in [-0.3, -0.25) is 9.78 Å². The van der Waals surface area contributed by atoms with Crippen LogP contribution in [0.15, 0.2) is 54.9 Å². The molecule has 2 N–H and O–H groups in total. The monoisotopic (exact) mass is 278 g/mol. The van der Waals surface area contributed by atoms with E-state index in [1.165, 1.54) is 0 Å². The first-order chi connectivity index (χ1) is 10.3. The maximum atomic E-state index is 12.3. The molecule has 0 saturated carbocycles. The highest BCUT2D eigenvalue weighted by Crippen LogP contribution is 2.22. The summed E-state index contributed by atoms with van der Waals surface area (Å²) in [6, 6.07) is 12.8. The molecule has 0 radical (unpaired) electrons. The van der Waals surface area contributed by atoms with Crippen LogP contribution in [0.25, 0.3) is 10.9 Å². The highest BCUT2D eigenvalue weighted by Gasteiger charge is 2.09. The van der Waals surface area contributed by atoms with E-state index in [9.17, 15) is 4.79 Å². The first kappa shape index (κ1) is 13.1. The van der Waals surface area contributed by atoms with Crippen LogP contribution in [-0.2, 0) is 0 Å². The van der Waals surface area contributed by atoms with Crippen molar-refractivity contribution < 1.29 is 4.79 Å². The molecular weight excluding hydrogens is 264 g/mol. The van der Waals surface area contributed by atoms with Gasteiger partial charge in [0.15, 0.2) is 0 Å². The Balaban J connectivity index is 1.93. The summed E-state index contributed by atoms with van der Waals surface area (Å²) in [5, 5.41) is 6.75. The smallest absolute Gasteiger partial charge is 0.255 e. The van der Waals surface area contributed by atoms with Gasteiger partial charge >= 0.3 is 0 Å². The summed E-state index contributed by atoms with van der Waals surface area (Å²) < 4.78 is 0. The predicted octanol–water partition coefficient (Wildman–Crippen LogP) is 2.92. The number of nitrogens with zero attached hydrogens (tertiary/aromatic N) is 2. The Morgan fingerprint density at radius 3 is 2.81 bits per heavy atom. The number of pyridine rings is 2. The Morgan fingerprint density at radius 1 is 1.05 bits per heavy atom. The molecule has 1 amide bonds. The summed E-state index contributed by atoms with van der Waals surface area (Å²) in [5.74, 6) is 0.479.